The SMILES string of the molecule is CCCCn1nnc(-c2sc(N)nc2-c2ccccc2)n1. The van der Waals surface area contributed by atoms with E-state index in [1.165, 1.54) is 11.3 Å². The minimum Gasteiger partial charge on any atom is -0.375 e. The molecule has 0 atom stereocenters. The van der Waals surface area contributed by atoms with Gasteiger partial charge in [-0.05, 0) is 11.6 Å². The average Bonchev–Trinajstić information content (AvgIpc) is 3.12. The van der Waals surface area contributed by atoms with Crippen molar-refractivity contribution in [3.05, 3.63) is 30.3 Å². The predicted molar refractivity (Wildman–Crippen MR) is 83.7 cm³/mol. The third-order valence-corrected chi connectivity index (χ3v) is 3.94. The number of thiazole rings is 1. The number of hydrogen-bond donors (Lipinski definition) is 1. The molecule has 0 aliphatic carbocycles. The van der Waals surface area contributed by atoms with E-state index in [2.05, 4.69) is 27.3 Å². The van der Waals surface area contributed by atoms with E-state index >= 15 is 0 Å². The number of aromatic nitrogens is 5. The summed E-state index contributed by atoms with van der Waals surface area (Å²) in [7, 11) is 0. The van der Waals surface area contributed by atoms with Crippen LogP contribution in [0.2, 0.25) is 0 Å². The van der Waals surface area contributed by atoms with Gasteiger partial charge in [0.05, 0.1) is 12.2 Å². The summed E-state index contributed by atoms with van der Waals surface area (Å²) in [5, 5.41) is 13.2. The van der Waals surface area contributed by atoms with Crippen molar-refractivity contribution < 1.29 is 0 Å². The number of rotatable bonds is 5. The van der Waals surface area contributed by atoms with E-state index in [0.29, 0.717) is 11.0 Å². The van der Waals surface area contributed by atoms with E-state index in [0.717, 1.165) is 35.5 Å². The summed E-state index contributed by atoms with van der Waals surface area (Å²) < 4.78 is 0. The van der Waals surface area contributed by atoms with Crippen LogP contribution in [-0.2, 0) is 6.54 Å². The third kappa shape index (κ3) is 2.92. The van der Waals surface area contributed by atoms with Gasteiger partial charge >= 0.3 is 0 Å². The fraction of sp³-hybridized carbons (Fsp3) is 0.286. The normalized spacial score (nSPS) is 10.9. The topological polar surface area (TPSA) is 82.5 Å². The molecule has 3 rings (SSSR count). The van der Waals surface area contributed by atoms with Crippen molar-refractivity contribution in [2.24, 2.45) is 0 Å². The number of nitrogen functional groups attached to an aromatic ring is 1. The molecule has 6 nitrogen and oxygen atoms in total. The molecule has 2 aromatic heterocycles. The molecule has 2 heterocycles. The molecule has 0 saturated heterocycles. The predicted octanol–water partition coefficient (Wildman–Crippen LogP) is 2.85. The van der Waals surface area contributed by atoms with Crippen molar-refractivity contribution in [3.63, 3.8) is 0 Å². The number of nitrogens with two attached hydrogens (primary N) is 1. The van der Waals surface area contributed by atoms with Gasteiger partial charge < -0.3 is 5.73 Å². The quantitative estimate of drug-likeness (QED) is 0.783. The third-order valence-electron chi connectivity index (χ3n) is 3.06. The number of aryl methyl sites for hydroxylation is 1. The molecule has 0 amide bonds. The lowest BCUT2D eigenvalue weighted by Crippen LogP contribution is -2.01. The molecule has 0 fully saturated rings. The first-order valence-electron chi connectivity index (χ1n) is 6.88. The second-order valence-electron chi connectivity index (χ2n) is 4.66. The van der Waals surface area contributed by atoms with E-state index in [4.69, 9.17) is 5.73 Å². The van der Waals surface area contributed by atoms with E-state index in [1.54, 1.807) is 4.80 Å². The summed E-state index contributed by atoms with van der Waals surface area (Å²) >= 11 is 1.39. The number of anilines is 1. The van der Waals surface area contributed by atoms with Crippen LogP contribution in [0, 0.1) is 0 Å². The van der Waals surface area contributed by atoms with Crippen molar-refractivity contribution in [1.82, 2.24) is 25.2 Å². The van der Waals surface area contributed by atoms with E-state index in [1.807, 2.05) is 30.3 Å². The van der Waals surface area contributed by atoms with Crippen LogP contribution in [0.25, 0.3) is 22.0 Å². The van der Waals surface area contributed by atoms with Crippen LogP contribution in [0.5, 0.6) is 0 Å². The second kappa shape index (κ2) is 6.01. The van der Waals surface area contributed by atoms with Gasteiger partial charge in [0, 0.05) is 5.56 Å². The van der Waals surface area contributed by atoms with Gasteiger partial charge in [0.2, 0.25) is 5.82 Å². The summed E-state index contributed by atoms with van der Waals surface area (Å²) in [6.07, 6.45) is 2.13. The maximum Gasteiger partial charge on any atom is 0.217 e. The molecule has 1 aromatic carbocycles. The Kier molecular flexibility index (Phi) is 3.92. The van der Waals surface area contributed by atoms with Crippen LogP contribution in [0.1, 0.15) is 19.8 Å². The van der Waals surface area contributed by atoms with Crippen molar-refractivity contribution in [2.45, 2.75) is 26.3 Å². The molecule has 0 bridgehead atoms. The Labute approximate surface area is 126 Å². The van der Waals surface area contributed by atoms with Gasteiger partial charge in [0.1, 0.15) is 4.88 Å². The van der Waals surface area contributed by atoms with Crippen molar-refractivity contribution >= 4 is 16.5 Å². The Balaban J connectivity index is 1.97. The Morgan fingerprint density at radius 1 is 1.24 bits per heavy atom. The minimum absolute atomic E-state index is 0.508. The molecule has 7 heteroatoms. The maximum absolute atomic E-state index is 5.87. The van der Waals surface area contributed by atoms with Gasteiger partial charge in [-0.3, -0.25) is 0 Å². The van der Waals surface area contributed by atoms with Gasteiger partial charge in [0.25, 0.3) is 0 Å². The molecule has 0 unspecified atom stereocenters. The molecule has 3 aromatic rings. The molecule has 0 spiro atoms. The molecule has 2 N–H and O–H groups in total. The second-order valence-corrected chi connectivity index (χ2v) is 5.69. The molecule has 0 saturated carbocycles. The van der Waals surface area contributed by atoms with Gasteiger partial charge in [-0.25, -0.2) is 4.98 Å². The zero-order valence-electron chi connectivity index (χ0n) is 11.7. The summed E-state index contributed by atoms with van der Waals surface area (Å²) in [4.78, 5) is 6.90. The van der Waals surface area contributed by atoms with Gasteiger partial charge in [0.15, 0.2) is 5.13 Å². The molecule has 21 heavy (non-hydrogen) atoms. The van der Waals surface area contributed by atoms with E-state index in [9.17, 15) is 0 Å². The Bertz CT molecular complexity index is 718. The largest absolute Gasteiger partial charge is 0.375 e. The molecule has 0 radical (unpaired) electrons. The molecule has 108 valence electrons. The fourth-order valence-corrected chi connectivity index (χ4v) is 2.79. The Morgan fingerprint density at radius 2 is 2.05 bits per heavy atom. The van der Waals surface area contributed by atoms with Crippen LogP contribution >= 0.6 is 11.3 Å². The zero-order valence-corrected chi connectivity index (χ0v) is 12.5. The van der Waals surface area contributed by atoms with Crippen molar-refractivity contribution in [2.75, 3.05) is 5.73 Å². The van der Waals surface area contributed by atoms with Crippen molar-refractivity contribution in [1.29, 1.82) is 0 Å². The number of hydrogen-bond acceptors (Lipinski definition) is 6. The van der Waals surface area contributed by atoms with Crippen LogP contribution in [0.4, 0.5) is 5.13 Å². The van der Waals surface area contributed by atoms with E-state index < -0.39 is 0 Å². The fourth-order valence-electron chi connectivity index (χ4n) is 2.01. The standard InChI is InChI=1S/C14H16N6S/c1-2-3-9-20-18-13(17-19-20)12-11(16-14(15)21-12)10-7-5-4-6-8-10/h4-8H,2-3,9H2,1H3,(H2,15,16). The molecular formula is C14H16N6S. The van der Waals surface area contributed by atoms with Crippen LogP contribution < -0.4 is 5.73 Å². The Hall–Kier alpha value is -2.28. The number of unbranched alkanes of at least 4 members (excludes halogenated alkanes) is 1. The minimum atomic E-state index is 0.508. The monoisotopic (exact) mass is 300 g/mol. The lowest BCUT2D eigenvalue weighted by Gasteiger charge is -1.98. The molecular weight excluding hydrogens is 284 g/mol. The lowest BCUT2D eigenvalue weighted by atomic mass is 10.1. The lowest BCUT2D eigenvalue weighted by molar-refractivity contribution is 0.496. The maximum atomic E-state index is 5.87. The van der Waals surface area contributed by atoms with Crippen molar-refractivity contribution in [3.8, 4) is 22.0 Å². The van der Waals surface area contributed by atoms with Gasteiger partial charge in [-0.15, -0.1) is 10.2 Å². The number of benzene rings is 1. The zero-order chi connectivity index (χ0) is 14.7. The molecule has 0 aliphatic rings. The Morgan fingerprint density at radius 3 is 2.81 bits per heavy atom. The molecule has 0 aliphatic heterocycles. The number of nitrogens with zero attached hydrogens (tertiary/aromatic N) is 5. The summed E-state index contributed by atoms with van der Waals surface area (Å²) in [5.41, 5.74) is 7.68. The summed E-state index contributed by atoms with van der Waals surface area (Å²) in [6, 6.07) is 9.91. The van der Waals surface area contributed by atoms with Crippen LogP contribution in [-0.4, -0.2) is 25.2 Å². The van der Waals surface area contributed by atoms with Gasteiger partial charge in [-0.1, -0.05) is 55.0 Å². The first kappa shape index (κ1) is 13.7. The summed E-state index contributed by atoms with van der Waals surface area (Å²) in [5.74, 6) is 0.583. The first-order chi connectivity index (χ1) is 10.3. The average molecular weight is 300 g/mol. The van der Waals surface area contributed by atoms with Crippen LogP contribution in [0.3, 0.4) is 0 Å². The highest BCUT2D eigenvalue weighted by Crippen LogP contribution is 2.35. The van der Waals surface area contributed by atoms with E-state index in [-0.39, 0.29) is 0 Å². The highest BCUT2D eigenvalue weighted by molar-refractivity contribution is 7.19. The smallest absolute Gasteiger partial charge is 0.217 e. The van der Waals surface area contributed by atoms with Crippen LogP contribution in [0.15, 0.2) is 30.3 Å². The van der Waals surface area contributed by atoms with Gasteiger partial charge in [-0.2, -0.15) is 4.80 Å². The number of tetrazole rings is 1. The first-order valence-corrected chi connectivity index (χ1v) is 7.69. The summed E-state index contributed by atoms with van der Waals surface area (Å²) in [6.45, 7) is 2.91. The highest BCUT2D eigenvalue weighted by atomic mass is 32.1. The highest BCUT2D eigenvalue weighted by Gasteiger charge is 2.17.